The van der Waals surface area contributed by atoms with Gasteiger partial charge >= 0.3 is 5.97 Å². The monoisotopic (exact) mass is 363 g/mol. The number of carboxylic acid groups (broad SMARTS) is 1. The van der Waals surface area contributed by atoms with Crippen molar-refractivity contribution in [1.82, 2.24) is 4.31 Å². The first-order valence-corrected chi connectivity index (χ1v) is 8.26. The zero-order chi connectivity index (χ0) is 14.9. The molecule has 8 heteroatoms. The molecule has 1 aliphatic rings. The molecular weight excluding hydrogens is 350 g/mol. The van der Waals surface area contributed by atoms with Gasteiger partial charge < -0.3 is 10.2 Å². The first-order valence-electron chi connectivity index (χ1n) is 6.03. The Balaban J connectivity index is 2.44. The Bertz CT molecular complexity index is 631. The topological polar surface area (TPSA) is 94.9 Å². The maximum atomic E-state index is 12.5. The van der Waals surface area contributed by atoms with Crippen LogP contribution in [0.4, 0.5) is 0 Å². The van der Waals surface area contributed by atoms with Crippen molar-refractivity contribution < 1.29 is 23.4 Å². The van der Waals surface area contributed by atoms with E-state index in [1.54, 1.807) is 0 Å². The maximum absolute atomic E-state index is 12.5. The SMILES string of the molecule is O=C(O)c1cc(S(=O)(=O)N2CCC[C@H]2CO)ccc1Br. The summed E-state index contributed by atoms with van der Waals surface area (Å²) >= 11 is 3.08. The van der Waals surface area contributed by atoms with Crippen molar-refractivity contribution in [2.45, 2.75) is 23.8 Å². The van der Waals surface area contributed by atoms with Crippen LogP contribution in [-0.4, -0.2) is 48.1 Å². The van der Waals surface area contributed by atoms with Gasteiger partial charge in [0.1, 0.15) is 0 Å². The Morgan fingerprint density at radius 2 is 2.15 bits per heavy atom. The normalized spacial score (nSPS) is 20.2. The van der Waals surface area contributed by atoms with Crippen molar-refractivity contribution in [3.63, 3.8) is 0 Å². The molecule has 0 spiro atoms. The highest BCUT2D eigenvalue weighted by molar-refractivity contribution is 9.10. The lowest BCUT2D eigenvalue weighted by Gasteiger charge is -2.22. The van der Waals surface area contributed by atoms with Gasteiger partial charge in [-0.25, -0.2) is 13.2 Å². The number of aromatic carboxylic acids is 1. The van der Waals surface area contributed by atoms with Crippen LogP contribution in [0.2, 0.25) is 0 Å². The summed E-state index contributed by atoms with van der Waals surface area (Å²) in [5.74, 6) is -1.20. The van der Waals surface area contributed by atoms with E-state index in [4.69, 9.17) is 5.11 Å². The lowest BCUT2D eigenvalue weighted by Crippen LogP contribution is -2.37. The highest BCUT2D eigenvalue weighted by atomic mass is 79.9. The summed E-state index contributed by atoms with van der Waals surface area (Å²) in [7, 11) is -3.78. The third-order valence-electron chi connectivity index (χ3n) is 3.31. The highest BCUT2D eigenvalue weighted by Crippen LogP contribution is 2.28. The van der Waals surface area contributed by atoms with Gasteiger partial charge in [-0.1, -0.05) is 0 Å². The van der Waals surface area contributed by atoms with Gasteiger partial charge in [-0.2, -0.15) is 4.31 Å². The lowest BCUT2D eigenvalue weighted by molar-refractivity contribution is 0.0695. The predicted octanol–water partition coefficient (Wildman–Crippen LogP) is 1.29. The summed E-state index contributed by atoms with van der Waals surface area (Å²) in [5.41, 5.74) is -0.106. The lowest BCUT2D eigenvalue weighted by atomic mass is 10.2. The van der Waals surface area contributed by atoms with Gasteiger partial charge in [-0.3, -0.25) is 0 Å². The van der Waals surface area contributed by atoms with Crippen LogP contribution in [0.15, 0.2) is 27.6 Å². The molecule has 1 heterocycles. The Kier molecular flexibility index (Phi) is 4.48. The van der Waals surface area contributed by atoms with Crippen molar-refractivity contribution in [2.24, 2.45) is 0 Å². The quantitative estimate of drug-likeness (QED) is 0.840. The van der Waals surface area contributed by atoms with E-state index < -0.39 is 22.0 Å². The molecule has 1 aliphatic heterocycles. The first-order chi connectivity index (χ1) is 9.37. The van der Waals surface area contributed by atoms with Gasteiger partial charge in [0.2, 0.25) is 10.0 Å². The molecule has 110 valence electrons. The number of aliphatic hydroxyl groups is 1. The fourth-order valence-corrected chi connectivity index (χ4v) is 4.40. The van der Waals surface area contributed by atoms with Gasteiger partial charge in [0, 0.05) is 17.1 Å². The van der Waals surface area contributed by atoms with Crippen LogP contribution in [0.5, 0.6) is 0 Å². The molecule has 2 N–H and O–H groups in total. The van der Waals surface area contributed by atoms with Gasteiger partial charge in [0.25, 0.3) is 0 Å². The summed E-state index contributed by atoms with van der Waals surface area (Å²) in [5, 5.41) is 18.3. The standard InChI is InChI=1S/C12H14BrNO5S/c13-11-4-3-9(6-10(11)12(16)17)20(18,19)14-5-1-2-8(14)7-15/h3-4,6,8,15H,1-2,5,7H2,(H,16,17)/t8-/m0/s1. The number of hydrogen-bond acceptors (Lipinski definition) is 4. The van der Waals surface area contributed by atoms with Crippen molar-refractivity contribution in [3.05, 3.63) is 28.2 Å². The minimum Gasteiger partial charge on any atom is -0.478 e. The Morgan fingerprint density at radius 1 is 1.45 bits per heavy atom. The molecule has 0 unspecified atom stereocenters. The summed E-state index contributed by atoms with van der Waals surface area (Å²) in [4.78, 5) is 11.0. The van der Waals surface area contributed by atoms with E-state index in [0.717, 1.165) is 6.07 Å². The third kappa shape index (κ3) is 2.73. The molecule has 0 radical (unpaired) electrons. The fraction of sp³-hybridized carbons (Fsp3) is 0.417. The van der Waals surface area contributed by atoms with Gasteiger partial charge in [0.05, 0.1) is 17.1 Å². The van der Waals surface area contributed by atoms with Gasteiger partial charge in [-0.05, 0) is 47.0 Å². The average molecular weight is 364 g/mol. The summed E-state index contributed by atoms with van der Waals surface area (Å²) in [6.07, 6.45) is 1.30. The first kappa shape index (κ1) is 15.4. The smallest absolute Gasteiger partial charge is 0.336 e. The second kappa shape index (κ2) is 5.80. The number of sulfonamides is 1. The summed E-state index contributed by atoms with van der Waals surface area (Å²) in [6.45, 7) is 0.105. The van der Waals surface area contributed by atoms with Crippen LogP contribution in [0.1, 0.15) is 23.2 Å². The van der Waals surface area contributed by atoms with Crippen LogP contribution < -0.4 is 0 Å². The molecule has 0 aromatic heterocycles. The van der Waals surface area contributed by atoms with Crippen LogP contribution in [-0.2, 0) is 10.0 Å². The number of carboxylic acids is 1. The summed E-state index contributed by atoms with van der Waals surface area (Å²) in [6, 6.07) is 3.46. The molecule has 1 saturated heterocycles. The molecule has 0 amide bonds. The minimum atomic E-state index is -3.78. The molecule has 0 aliphatic carbocycles. The van der Waals surface area contributed by atoms with E-state index in [2.05, 4.69) is 15.9 Å². The maximum Gasteiger partial charge on any atom is 0.336 e. The van der Waals surface area contributed by atoms with E-state index in [-0.39, 0.29) is 17.1 Å². The fourth-order valence-electron chi connectivity index (χ4n) is 2.27. The van der Waals surface area contributed by atoms with Gasteiger partial charge in [0.15, 0.2) is 0 Å². The van der Waals surface area contributed by atoms with E-state index in [0.29, 0.717) is 23.9 Å². The second-order valence-corrected chi connectivity index (χ2v) is 7.29. The molecule has 1 aromatic rings. The molecule has 0 saturated carbocycles. The molecule has 20 heavy (non-hydrogen) atoms. The van der Waals surface area contributed by atoms with Gasteiger partial charge in [-0.15, -0.1) is 0 Å². The van der Waals surface area contributed by atoms with Crippen LogP contribution in [0.25, 0.3) is 0 Å². The minimum absolute atomic E-state index is 0.0709. The van der Waals surface area contributed by atoms with Crippen molar-refractivity contribution in [1.29, 1.82) is 0 Å². The Morgan fingerprint density at radius 3 is 2.75 bits per heavy atom. The van der Waals surface area contributed by atoms with E-state index in [1.807, 2.05) is 0 Å². The number of aliphatic hydroxyl groups excluding tert-OH is 1. The number of hydrogen-bond donors (Lipinski definition) is 2. The number of rotatable bonds is 4. The van der Waals surface area contributed by atoms with Crippen LogP contribution in [0, 0.1) is 0 Å². The van der Waals surface area contributed by atoms with Crippen molar-refractivity contribution in [3.8, 4) is 0 Å². The van der Waals surface area contributed by atoms with Crippen LogP contribution >= 0.6 is 15.9 Å². The largest absolute Gasteiger partial charge is 0.478 e. The van der Waals surface area contributed by atoms with E-state index in [9.17, 15) is 18.3 Å². The van der Waals surface area contributed by atoms with Crippen molar-refractivity contribution >= 4 is 31.9 Å². The second-order valence-electron chi connectivity index (χ2n) is 4.54. The number of nitrogens with zero attached hydrogens (tertiary/aromatic N) is 1. The highest BCUT2D eigenvalue weighted by Gasteiger charge is 2.35. The molecule has 1 aromatic carbocycles. The predicted molar refractivity (Wildman–Crippen MR) is 75.1 cm³/mol. The Labute approximate surface area is 125 Å². The molecule has 6 nitrogen and oxygen atoms in total. The van der Waals surface area contributed by atoms with E-state index in [1.165, 1.54) is 16.4 Å². The number of halogens is 1. The molecular formula is C12H14BrNO5S. The number of carbonyl (C=O) groups is 1. The third-order valence-corrected chi connectivity index (χ3v) is 5.95. The molecule has 2 rings (SSSR count). The summed E-state index contributed by atoms with van der Waals surface area (Å²) < 4.78 is 26.6. The zero-order valence-corrected chi connectivity index (χ0v) is 12.9. The average Bonchev–Trinajstić information content (AvgIpc) is 2.87. The molecule has 0 bridgehead atoms. The van der Waals surface area contributed by atoms with E-state index >= 15 is 0 Å². The Hall–Kier alpha value is -0.960. The molecule has 1 atom stereocenters. The molecule has 1 fully saturated rings. The van der Waals surface area contributed by atoms with Crippen LogP contribution in [0.3, 0.4) is 0 Å². The zero-order valence-electron chi connectivity index (χ0n) is 10.5. The van der Waals surface area contributed by atoms with Crippen molar-refractivity contribution in [2.75, 3.05) is 13.2 Å². The number of benzene rings is 1.